The van der Waals surface area contributed by atoms with Crippen molar-refractivity contribution in [1.82, 2.24) is 10.3 Å². The van der Waals surface area contributed by atoms with Crippen molar-refractivity contribution in [3.05, 3.63) is 65.5 Å². The number of hydrogen-bond acceptors (Lipinski definition) is 2. The zero-order valence-corrected chi connectivity index (χ0v) is 12.1. The second kappa shape index (κ2) is 5.83. The molecule has 3 nitrogen and oxygen atoms in total. The predicted molar refractivity (Wildman–Crippen MR) is 78.0 cm³/mol. The summed E-state index contributed by atoms with van der Waals surface area (Å²) in [6.07, 6.45) is 3.97. The van der Waals surface area contributed by atoms with Crippen molar-refractivity contribution in [3.63, 3.8) is 0 Å². The molecule has 1 aliphatic rings. The molecule has 2 aromatic rings. The fraction of sp³-hybridized carbons (Fsp3) is 0.294. The van der Waals surface area contributed by atoms with E-state index in [9.17, 15) is 13.6 Å². The normalized spacial score (nSPS) is 21.2. The van der Waals surface area contributed by atoms with Gasteiger partial charge in [0, 0.05) is 24.4 Å². The molecule has 1 aromatic heterocycles. The van der Waals surface area contributed by atoms with Crippen molar-refractivity contribution >= 4 is 5.91 Å². The highest BCUT2D eigenvalue weighted by atomic mass is 19.1. The van der Waals surface area contributed by atoms with Crippen LogP contribution in [0.5, 0.6) is 0 Å². The molecule has 0 unspecified atom stereocenters. The second-order valence-electron chi connectivity index (χ2n) is 5.63. The lowest BCUT2D eigenvalue weighted by atomic mass is 10.1. The van der Waals surface area contributed by atoms with Crippen molar-refractivity contribution in [3.8, 4) is 0 Å². The van der Waals surface area contributed by atoms with Crippen LogP contribution in [0.3, 0.4) is 0 Å². The van der Waals surface area contributed by atoms with Gasteiger partial charge in [0.1, 0.15) is 11.6 Å². The summed E-state index contributed by atoms with van der Waals surface area (Å²) in [5, 5.41) is 2.91. The van der Waals surface area contributed by atoms with E-state index in [-0.39, 0.29) is 23.8 Å². The Balaban J connectivity index is 1.63. The molecule has 1 N–H and O–H groups in total. The van der Waals surface area contributed by atoms with Gasteiger partial charge in [0.15, 0.2) is 0 Å². The minimum Gasteiger partial charge on any atom is -0.349 e. The Bertz CT molecular complexity index is 690. The van der Waals surface area contributed by atoms with Crippen molar-refractivity contribution in [2.75, 3.05) is 0 Å². The number of rotatable bonds is 4. The number of carbonyl (C=O) groups is 1. The van der Waals surface area contributed by atoms with Gasteiger partial charge in [-0.2, -0.15) is 0 Å². The fourth-order valence-electron chi connectivity index (χ4n) is 2.67. The van der Waals surface area contributed by atoms with Crippen LogP contribution in [0.1, 0.15) is 36.4 Å². The topological polar surface area (TPSA) is 42.0 Å². The lowest BCUT2D eigenvalue weighted by Crippen LogP contribution is -2.28. The highest BCUT2D eigenvalue weighted by Gasteiger charge is 2.45. The van der Waals surface area contributed by atoms with E-state index in [4.69, 9.17) is 0 Å². The van der Waals surface area contributed by atoms with E-state index in [2.05, 4.69) is 10.3 Å². The van der Waals surface area contributed by atoms with E-state index in [1.807, 2.05) is 19.1 Å². The van der Waals surface area contributed by atoms with Crippen molar-refractivity contribution in [1.29, 1.82) is 0 Å². The first-order valence-corrected chi connectivity index (χ1v) is 7.21. The number of nitrogens with zero attached hydrogens (tertiary/aromatic N) is 1. The van der Waals surface area contributed by atoms with Gasteiger partial charge < -0.3 is 5.32 Å². The van der Waals surface area contributed by atoms with Crippen LogP contribution >= 0.6 is 0 Å². The molecular formula is C17H16F2N2O. The van der Waals surface area contributed by atoms with Crippen LogP contribution in [-0.2, 0) is 4.79 Å². The molecule has 114 valence electrons. The van der Waals surface area contributed by atoms with Crippen LogP contribution in [0, 0.1) is 17.6 Å². The van der Waals surface area contributed by atoms with Gasteiger partial charge in [-0.1, -0.05) is 12.1 Å². The summed E-state index contributed by atoms with van der Waals surface area (Å²) in [5.74, 6) is -1.71. The summed E-state index contributed by atoms with van der Waals surface area (Å²) in [5.41, 5.74) is 1.33. The Morgan fingerprint density at radius 2 is 2.18 bits per heavy atom. The first-order chi connectivity index (χ1) is 10.6. The Morgan fingerprint density at radius 1 is 1.36 bits per heavy atom. The molecule has 22 heavy (non-hydrogen) atoms. The van der Waals surface area contributed by atoms with E-state index in [1.165, 1.54) is 12.1 Å². The number of carbonyl (C=O) groups excluding carboxylic acids is 1. The zero-order valence-electron chi connectivity index (χ0n) is 12.1. The summed E-state index contributed by atoms with van der Waals surface area (Å²) in [6.45, 7) is 1.88. The van der Waals surface area contributed by atoms with Crippen molar-refractivity contribution < 1.29 is 13.6 Å². The molecule has 0 saturated heterocycles. The highest BCUT2D eigenvalue weighted by molar-refractivity contribution is 5.83. The van der Waals surface area contributed by atoms with Gasteiger partial charge in [0.25, 0.3) is 0 Å². The van der Waals surface area contributed by atoms with Crippen LogP contribution in [0.15, 0.2) is 42.7 Å². The van der Waals surface area contributed by atoms with Gasteiger partial charge in [0.05, 0.1) is 6.04 Å². The molecule has 0 radical (unpaired) electrons. The van der Waals surface area contributed by atoms with Gasteiger partial charge in [0.2, 0.25) is 5.91 Å². The highest BCUT2D eigenvalue weighted by Crippen LogP contribution is 2.48. The van der Waals surface area contributed by atoms with Crippen LogP contribution in [0.25, 0.3) is 0 Å². The number of hydrogen-bond donors (Lipinski definition) is 1. The fourth-order valence-corrected chi connectivity index (χ4v) is 2.67. The third kappa shape index (κ3) is 2.98. The summed E-state index contributed by atoms with van der Waals surface area (Å²) >= 11 is 0. The minimum atomic E-state index is -0.604. The average Bonchev–Trinajstić information content (AvgIpc) is 3.28. The quantitative estimate of drug-likeness (QED) is 0.941. The Hall–Kier alpha value is -2.30. The average molecular weight is 302 g/mol. The van der Waals surface area contributed by atoms with Gasteiger partial charge in [-0.05, 0) is 42.5 Å². The lowest BCUT2D eigenvalue weighted by Gasteiger charge is -2.14. The molecule has 3 atom stereocenters. The van der Waals surface area contributed by atoms with E-state index >= 15 is 0 Å². The maximum atomic E-state index is 13.7. The molecular weight excluding hydrogens is 286 g/mol. The Morgan fingerprint density at radius 3 is 2.86 bits per heavy atom. The molecule has 0 aliphatic heterocycles. The zero-order chi connectivity index (χ0) is 15.7. The number of aromatic nitrogens is 1. The van der Waals surface area contributed by atoms with Gasteiger partial charge >= 0.3 is 0 Å². The molecule has 1 amide bonds. The van der Waals surface area contributed by atoms with E-state index in [1.54, 1.807) is 12.4 Å². The largest absolute Gasteiger partial charge is 0.349 e. The summed E-state index contributed by atoms with van der Waals surface area (Å²) in [4.78, 5) is 16.2. The molecule has 1 saturated carbocycles. The van der Waals surface area contributed by atoms with Crippen molar-refractivity contribution in [2.24, 2.45) is 5.92 Å². The first-order valence-electron chi connectivity index (χ1n) is 7.21. The van der Waals surface area contributed by atoms with Crippen LogP contribution in [-0.4, -0.2) is 10.9 Å². The smallest absolute Gasteiger partial charge is 0.224 e. The molecule has 1 aromatic carbocycles. The maximum absolute atomic E-state index is 13.7. The SMILES string of the molecule is C[C@H](NC(=O)[C@@H]1C[C@H]1c1ccc(F)cc1F)c1cccnc1. The number of halogens is 2. The van der Waals surface area contributed by atoms with Gasteiger partial charge in [-0.15, -0.1) is 0 Å². The number of amides is 1. The van der Waals surface area contributed by atoms with E-state index < -0.39 is 11.6 Å². The maximum Gasteiger partial charge on any atom is 0.224 e. The monoisotopic (exact) mass is 302 g/mol. The summed E-state index contributed by atoms with van der Waals surface area (Å²) < 4.78 is 26.6. The standard InChI is InChI=1S/C17H16F2N2O/c1-10(11-3-2-6-20-9-11)21-17(22)15-8-14(15)13-5-4-12(18)7-16(13)19/h2-7,9-10,14-15H,8H2,1H3,(H,21,22)/t10-,14-,15+/m0/s1. The molecule has 0 spiro atoms. The van der Waals surface area contributed by atoms with Gasteiger partial charge in [-0.3, -0.25) is 9.78 Å². The van der Waals surface area contributed by atoms with Crippen LogP contribution < -0.4 is 5.32 Å². The van der Waals surface area contributed by atoms with Gasteiger partial charge in [-0.25, -0.2) is 8.78 Å². The minimum absolute atomic E-state index is 0.106. The molecule has 0 bridgehead atoms. The number of pyridine rings is 1. The molecule has 3 rings (SSSR count). The Kier molecular flexibility index (Phi) is 3.88. The molecule has 5 heteroatoms. The predicted octanol–water partition coefficient (Wildman–Crippen LogP) is 3.34. The Labute approximate surface area is 127 Å². The number of nitrogens with one attached hydrogen (secondary N) is 1. The first kappa shape index (κ1) is 14.6. The molecule has 1 fully saturated rings. The van der Waals surface area contributed by atoms with E-state index in [0.29, 0.717) is 12.0 Å². The third-order valence-corrected chi connectivity index (χ3v) is 4.03. The van der Waals surface area contributed by atoms with E-state index in [0.717, 1.165) is 11.6 Å². The number of benzene rings is 1. The van der Waals surface area contributed by atoms with Crippen LogP contribution in [0.2, 0.25) is 0 Å². The lowest BCUT2D eigenvalue weighted by molar-refractivity contribution is -0.123. The molecule has 1 heterocycles. The summed E-state index contributed by atoms with van der Waals surface area (Å²) in [6, 6.07) is 7.06. The third-order valence-electron chi connectivity index (χ3n) is 4.03. The summed E-state index contributed by atoms with van der Waals surface area (Å²) in [7, 11) is 0. The van der Waals surface area contributed by atoms with Crippen LogP contribution in [0.4, 0.5) is 8.78 Å². The molecule has 1 aliphatic carbocycles. The van der Waals surface area contributed by atoms with Crippen molar-refractivity contribution in [2.45, 2.75) is 25.3 Å². The second-order valence-corrected chi connectivity index (χ2v) is 5.63.